The molecule has 0 aromatic heterocycles. The van der Waals surface area contributed by atoms with Crippen LogP contribution in [0.3, 0.4) is 0 Å². The van der Waals surface area contributed by atoms with Gasteiger partial charge in [0.15, 0.2) is 11.5 Å². The Kier molecular flexibility index (Phi) is 4.55. The average molecular weight is 351 g/mol. The van der Waals surface area contributed by atoms with Crippen molar-refractivity contribution >= 4 is 11.4 Å². The standard InChI is InChI=1S/C21H21NO4/c1-11-8-13(3)15(9-12(11)2)18-19(21(24)20(18)23)22-14-6-7-16(25-4)17(10-14)26-5/h6-10,22H,1-5H3. The number of hydrogen-bond donors (Lipinski definition) is 1. The second-order valence-corrected chi connectivity index (χ2v) is 6.35. The SMILES string of the molecule is COc1ccc(Nc2c(-c3cc(C)c(C)cc3C)c(=O)c2=O)cc1OC. The smallest absolute Gasteiger partial charge is 0.250 e. The molecule has 0 fully saturated rings. The Morgan fingerprint density at radius 2 is 1.42 bits per heavy atom. The van der Waals surface area contributed by atoms with Gasteiger partial charge in [0, 0.05) is 11.8 Å². The van der Waals surface area contributed by atoms with Crippen LogP contribution < -0.4 is 25.6 Å². The summed E-state index contributed by atoms with van der Waals surface area (Å²) in [5.74, 6) is 1.13. The molecule has 0 heterocycles. The van der Waals surface area contributed by atoms with Crippen molar-refractivity contribution in [1.82, 2.24) is 0 Å². The van der Waals surface area contributed by atoms with Gasteiger partial charge >= 0.3 is 0 Å². The molecule has 5 heteroatoms. The highest BCUT2D eigenvalue weighted by Crippen LogP contribution is 2.34. The number of benzene rings is 2. The first-order valence-electron chi connectivity index (χ1n) is 8.28. The van der Waals surface area contributed by atoms with Crippen LogP contribution >= 0.6 is 0 Å². The summed E-state index contributed by atoms with van der Waals surface area (Å²) in [6.07, 6.45) is 0. The number of aryl methyl sites for hydroxylation is 3. The zero-order chi connectivity index (χ0) is 19.0. The molecule has 0 unspecified atom stereocenters. The van der Waals surface area contributed by atoms with Crippen LogP contribution in [0.1, 0.15) is 16.7 Å². The van der Waals surface area contributed by atoms with Gasteiger partial charge in [-0.1, -0.05) is 12.1 Å². The predicted molar refractivity (Wildman–Crippen MR) is 104 cm³/mol. The fourth-order valence-corrected chi connectivity index (χ4v) is 3.06. The summed E-state index contributed by atoms with van der Waals surface area (Å²) in [5.41, 5.74) is 4.43. The van der Waals surface area contributed by atoms with Crippen LogP contribution in [0.15, 0.2) is 39.9 Å². The molecular weight excluding hydrogens is 330 g/mol. The van der Waals surface area contributed by atoms with E-state index in [4.69, 9.17) is 9.47 Å². The van der Waals surface area contributed by atoms with Gasteiger partial charge in [-0.05, 0) is 55.2 Å². The van der Waals surface area contributed by atoms with Crippen molar-refractivity contribution in [1.29, 1.82) is 0 Å². The largest absolute Gasteiger partial charge is 0.493 e. The van der Waals surface area contributed by atoms with Gasteiger partial charge in [-0.3, -0.25) is 9.59 Å². The summed E-state index contributed by atoms with van der Waals surface area (Å²) in [6, 6.07) is 9.23. The molecule has 0 amide bonds. The van der Waals surface area contributed by atoms with Crippen molar-refractivity contribution in [3.8, 4) is 22.6 Å². The molecule has 1 N–H and O–H groups in total. The molecular formula is C21H21NO4. The van der Waals surface area contributed by atoms with Crippen LogP contribution in [0.25, 0.3) is 11.1 Å². The molecule has 3 aromatic carbocycles. The van der Waals surface area contributed by atoms with E-state index in [0.29, 0.717) is 28.4 Å². The maximum Gasteiger partial charge on any atom is 0.250 e. The molecule has 3 aromatic rings. The van der Waals surface area contributed by atoms with Crippen molar-refractivity contribution < 1.29 is 9.47 Å². The molecule has 5 nitrogen and oxygen atoms in total. The first-order chi connectivity index (χ1) is 12.4. The third-order valence-corrected chi connectivity index (χ3v) is 4.67. The van der Waals surface area contributed by atoms with Gasteiger partial charge in [-0.25, -0.2) is 0 Å². The number of methoxy groups -OCH3 is 2. The molecule has 0 saturated carbocycles. The number of hydrogen-bond acceptors (Lipinski definition) is 5. The topological polar surface area (TPSA) is 64.6 Å². The summed E-state index contributed by atoms with van der Waals surface area (Å²) in [4.78, 5) is 24.4. The van der Waals surface area contributed by atoms with Gasteiger partial charge < -0.3 is 14.8 Å². The first-order valence-corrected chi connectivity index (χ1v) is 8.28. The molecule has 0 spiro atoms. The Hall–Kier alpha value is -3.08. The molecule has 0 radical (unpaired) electrons. The highest BCUT2D eigenvalue weighted by molar-refractivity contribution is 5.86. The highest BCUT2D eigenvalue weighted by Gasteiger charge is 2.24. The summed E-state index contributed by atoms with van der Waals surface area (Å²) in [6.45, 7) is 5.96. The average Bonchev–Trinajstić information content (AvgIpc) is 2.64. The van der Waals surface area contributed by atoms with E-state index < -0.39 is 10.9 Å². The lowest BCUT2D eigenvalue weighted by molar-refractivity contribution is 0.355. The maximum atomic E-state index is 12.2. The quantitative estimate of drug-likeness (QED) is 0.711. The van der Waals surface area contributed by atoms with Crippen molar-refractivity contribution in [2.24, 2.45) is 0 Å². The monoisotopic (exact) mass is 351 g/mol. The number of anilines is 2. The molecule has 0 saturated heterocycles. The van der Waals surface area contributed by atoms with Gasteiger partial charge in [-0.15, -0.1) is 0 Å². The summed E-state index contributed by atoms with van der Waals surface area (Å²) >= 11 is 0. The van der Waals surface area contributed by atoms with E-state index >= 15 is 0 Å². The van der Waals surface area contributed by atoms with Crippen molar-refractivity contribution in [3.05, 3.63) is 67.5 Å². The van der Waals surface area contributed by atoms with Crippen LogP contribution in [-0.2, 0) is 0 Å². The van der Waals surface area contributed by atoms with Crippen molar-refractivity contribution in [2.45, 2.75) is 20.8 Å². The van der Waals surface area contributed by atoms with E-state index in [2.05, 4.69) is 5.32 Å². The van der Waals surface area contributed by atoms with Gasteiger partial charge in [-0.2, -0.15) is 0 Å². The lowest BCUT2D eigenvalue weighted by atomic mass is 9.91. The van der Waals surface area contributed by atoms with E-state index in [-0.39, 0.29) is 0 Å². The van der Waals surface area contributed by atoms with Crippen molar-refractivity contribution in [2.75, 3.05) is 19.5 Å². The third-order valence-electron chi connectivity index (χ3n) is 4.67. The second kappa shape index (κ2) is 6.67. The fourth-order valence-electron chi connectivity index (χ4n) is 3.06. The fraction of sp³-hybridized carbons (Fsp3) is 0.238. The summed E-state index contributed by atoms with van der Waals surface area (Å²) in [5, 5.41) is 3.07. The number of ether oxygens (including phenoxy) is 2. The van der Waals surface area contributed by atoms with E-state index in [0.717, 1.165) is 22.3 Å². The number of rotatable bonds is 5. The van der Waals surface area contributed by atoms with Gasteiger partial charge in [0.05, 0.1) is 19.8 Å². The van der Waals surface area contributed by atoms with Gasteiger partial charge in [0.1, 0.15) is 5.69 Å². The zero-order valence-electron chi connectivity index (χ0n) is 15.5. The minimum absolute atomic E-state index is 0.313. The Labute approximate surface area is 151 Å². The molecule has 26 heavy (non-hydrogen) atoms. The van der Waals surface area contributed by atoms with Gasteiger partial charge in [0.25, 0.3) is 5.43 Å². The predicted octanol–water partition coefficient (Wildman–Crippen LogP) is 3.64. The minimum Gasteiger partial charge on any atom is -0.493 e. The van der Waals surface area contributed by atoms with Crippen LogP contribution in [-0.4, -0.2) is 14.2 Å². The number of nitrogens with one attached hydrogen (secondary N) is 1. The van der Waals surface area contributed by atoms with Gasteiger partial charge in [0.2, 0.25) is 5.43 Å². The van der Waals surface area contributed by atoms with Crippen LogP contribution in [0, 0.1) is 20.8 Å². The molecule has 134 valence electrons. The minimum atomic E-state index is -0.507. The second-order valence-electron chi connectivity index (χ2n) is 6.35. The molecule has 0 atom stereocenters. The lowest BCUT2D eigenvalue weighted by Gasteiger charge is -2.17. The van der Waals surface area contributed by atoms with E-state index in [1.807, 2.05) is 32.9 Å². The molecule has 0 bridgehead atoms. The molecule has 0 aliphatic rings. The normalized spacial score (nSPS) is 10.8. The highest BCUT2D eigenvalue weighted by atomic mass is 16.5. The molecule has 0 aliphatic carbocycles. The third kappa shape index (κ3) is 2.86. The Bertz CT molecular complexity index is 1060. The first kappa shape index (κ1) is 17.7. The summed E-state index contributed by atoms with van der Waals surface area (Å²) < 4.78 is 10.5. The Balaban J connectivity index is 2.05. The van der Waals surface area contributed by atoms with E-state index in [1.165, 1.54) is 0 Å². The maximum absolute atomic E-state index is 12.2. The Morgan fingerprint density at radius 1 is 0.769 bits per heavy atom. The zero-order valence-corrected chi connectivity index (χ0v) is 15.5. The Morgan fingerprint density at radius 3 is 2.08 bits per heavy atom. The van der Waals surface area contributed by atoms with Crippen molar-refractivity contribution in [3.63, 3.8) is 0 Å². The van der Waals surface area contributed by atoms with E-state index in [9.17, 15) is 9.59 Å². The lowest BCUT2D eigenvalue weighted by Crippen LogP contribution is -2.35. The van der Waals surface area contributed by atoms with Crippen LogP contribution in [0.2, 0.25) is 0 Å². The summed E-state index contributed by atoms with van der Waals surface area (Å²) in [7, 11) is 3.10. The molecule has 3 rings (SSSR count). The molecule has 0 aliphatic heterocycles. The van der Waals surface area contributed by atoms with Crippen LogP contribution in [0.5, 0.6) is 11.5 Å². The van der Waals surface area contributed by atoms with Crippen LogP contribution in [0.4, 0.5) is 11.4 Å². The van der Waals surface area contributed by atoms with E-state index in [1.54, 1.807) is 32.4 Å².